The molecule has 0 bridgehead atoms. The summed E-state index contributed by atoms with van der Waals surface area (Å²) in [7, 11) is 3.77. The SMILES string of the molecule is CC[C@H](C)[C@@H]([C@@H](CC(=O)N1CCCC1[C@H](OC)[C@@H](C)C(=O)N[C@@H](Cc1ccccc1)P(=O)(O)O)OC)N(C)C(=O)C(N=C(N(C)C)N1CCN(C(=O)CCCCCN2C(=O)C=CC2=O)CC1)C(C)C. The topological polar surface area (TPSA) is 222 Å². The minimum atomic E-state index is -4.74. The molecule has 3 N–H and O–H groups in total. The molecule has 69 heavy (non-hydrogen) atoms. The third-order valence-corrected chi connectivity index (χ3v) is 15.0. The van der Waals surface area contributed by atoms with Crippen LogP contribution in [0.4, 0.5) is 0 Å². The van der Waals surface area contributed by atoms with Crippen molar-refractivity contribution in [2.45, 2.75) is 129 Å². The average Bonchev–Trinajstić information content (AvgIpc) is 3.93. The Bertz CT molecular complexity index is 1990. The Morgan fingerprint density at radius 2 is 1.49 bits per heavy atom. The molecule has 3 heterocycles. The number of imide groups is 1. The van der Waals surface area contributed by atoms with Gasteiger partial charge in [-0.1, -0.05) is 77.8 Å². The second kappa shape index (κ2) is 26.5. The predicted octanol–water partition coefficient (Wildman–Crippen LogP) is 3.34. The number of likely N-dealkylation sites (N-methyl/N-ethyl adjacent to an activating group) is 1. The first-order valence-corrected chi connectivity index (χ1v) is 26.2. The maximum absolute atomic E-state index is 14.7. The van der Waals surface area contributed by atoms with Crippen molar-refractivity contribution in [3.05, 3.63) is 48.0 Å². The fourth-order valence-electron chi connectivity index (χ4n) is 9.68. The Hall–Kier alpha value is -4.68. The molecule has 2 fully saturated rings. The maximum atomic E-state index is 14.7. The molecule has 0 spiro atoms. The number of carbonyl (C=O) groups is 6. The molecule has 0 aromatic heterocycles. The quantitative estimate of drug-likeness (QED) is 0.0446. The van der Waals surface area contributed by atoms with Crippen LogP contribution in [0.3, 0.4) is 0 Å². The molecule has 3 aliphatic heterocycles. The molecule has 19 nitrogen and oxygen atoms in total. The molecule has 2 saturated heterocycles. The number of hydrogen-bond donors (Lipinski definition) is 3. The summed E-state index contributed by atoms with van der Waals surface area (Å²) in [6, 6.07) is 7.00. The number of rotatable bonds is 24. The third kappa shape index (κ3) is 15.4. The Balaban J connectivity index is 1.42. The molecule has 0 radical (unpaired) electrons. The van der Waals surface area contributed by atoms with E-state index in [-0.39, 0.29) is 54.2 Å². The molecule has 20 heteroatoms. The van der Waals surface area contributed by atoms with Crippen molar-refractivity contribution < 1.29 is 52.6 Å². The van der Waals surface area contributed by atoms with E-state index in [1.165, 1.54) is 31.3 Å². The summed E-state index contributed by atoms with van der Waals surface area (Å²) < 4.78 is 24.5. The van der Waals surface area contributed by atoms with Gasteiger partial charge >= 0.3 is 7.60 Å². The van der Waals surface area contributed by atoms with Crippen LogP contribution in [0.5, 0.6) is 0 Å². The first-order valence-electron chi connectivity index (χ1n) is 24.5. The molecule has 6 amide bonds. The lowest BCUT2D eigenvalue weighted by molar-refractivity contribution is -0.146. The van der Waals surface area contributed by atoms with E-state index in [1.54, 1.807) is 54.1 Å². The second-order valence-electron chi connectivity index (χ2n) is 19.2. The van der Waals surface area contributed by atoms with E-state index in [9.17, 15) is 43.1 Å². The molecule has 0 saturated carbocycles. The van der Waals surface area contributed by atoms with Gasteiger partial charge in [-0.3, -0.25) is 38.2 Å². The number of hydrogen-bond acceptors (Lipinski definition) is 10. The lowest BCUT2D eigenvalue weighted by Crippen LogP contribution is -2.56. The molecule has 8 atom stereocenters. The van der Waals surface area contributed by atoms with Gasteiger partial charge in [-0.05, 0) is 43.1 Å². The van der Waals surface area contributed by atoms with E-state index in [0.29, 0.717) is 89.3 Å². The average molecular weight is 987 g/mol. The molecule has 386 valence electrons. The van der Waals surface area contributed by atoms with Gasteiger partial charge in [0.15, 0.2) is 5.96 Å². The van der Waals surface area contributed by atoms with Gasteiger partial charge in [-0.15, -0.1) is 0 Å². The number of amides is 6. The molecule has 3 aliphatic rings. The van der Waals surface area contributed by atoms with E-state index < -0.39 is 55.5 Å². The van der Waals surface area contributed by atoms with Crippen molar-refractivity contribution in [3.63, 3.8) is 0 Å². The normalized spacial score (nSPS) is 19.9. The van der Waals surface area contributed by atoms with Crippen LogP contribution in [0, 0.1) is 17.8 Å². The van der Waals surface area contributed by atoms with E-state index in [0.717, 1.165) is 6.42 Å². The number of likely N-dealkylation sites (tertiary alicyclic amines) is 1. The van der Waals surface area contributed by atoms with Crippen LogP contribution in [0.25, 0.3) is 0 Å². The second-order valence-corrected chi connectivity index (χ2v) is 21.0. The zero-order valence-electron chi connectivity index (χ0n) is 42.5. The Labute approximate surface area is 409 Å². The Morgan fingerprint density at radius 1 is 0.870 bits per heavy atom. The van der Waals surface area contributed by atoms with Crippen molar-refractivity contribution in [2.75, 3.05) is 74.6 Å². The zero-order chi connectivity index (χ0) is 51.2. The van der Waals surface area contributed by atoms with Crippen LogP contribution < -0.4 is 5.32 Å². The first kappa shape index (κ1) is 56.9. The van der Waals surface area contributed by atoms with Crippen LogP contribution >= 0.6 is 7.60 Å². The van der Waals surface area contributed by atoms with Crippen molar-refractivity contribution in [2.24, 2.45) is 22.7 Å². The highest BCUT2D eigenvalue weighted by atomic mass is 31.2. The van der Waals surface area contributed by atoms with Crippen LogP contribution in [-0.2, 0) is 49.2 Å². The largest absolute Gasteiger partial charge is 0.379 e. The summed E-state index contributed by atoms with van der Waals surface area (Å²) in [4.78, 5) is 115. The number of guanidine groups is 1. The molecular formula is C49H79N8O11P. The van der Waals surface area contributed by atoms with E-state index in [2.05, 4.69) is 10.2 Å². The minimum absolute atomic E-state index is 0.0477. The van der Waals surface area contributed by atoms with Crippen molar-refractivity contribution in [1.82, 2.24) is 34.7 Å². The maximum Gasteiger partial charge on any atom is 0.347 e. The highest BCUT2D eigenvalue weighted by molar-refractivity contribution is 7.52. The Kier molecular flexibility index (Phi) is 21.9. The molecule has 1 aromatic rings. The fourth-order valence-corrected chi connectivity index (χ4v) is 10.4. The molecule has 0 aliphatic carbocycles. The number of carbonyl (C=O) groups excluding carboxylic acids is 6. The molecular weight excluding hydrogens is 908 g/mol. The highest BCUT2D eigenvalue weighted by Crippen LogP contribution is 2.41. The number of piperazine rings is 1. The van der Waals surface area contributed by atoms with Gasteiger partial charge in [-0.2, -0.15) is 0 Å². The summed E-state index contributed by atoms with van der Waals surface area (Å²) in [6.45, 7) is 12.4. The standard InChI is InChI=1S/C49H79N8O11P/c1-11-34(4)45(38(67-9)32-43(61)56-26-18-21-37(56)46(68-10)35(5)47(62)50-39(69(64,65)66)31-36-19-14-12-15-20-36)53(8)48(63)44(33(2)3)51-49(52(6)7)55-29-27-54(28-30-55)40(58)22-16-13-17-25-57-41(59)23-24-42(57)60/h12,14-15,19-20,23-24,33-35,37-39,44-46H,11,13,16-18,21-22,25-32H2,1-10H3,(H,50,62)(H2,64,65,66)/t34-,35+,37?,38+,39+,44?,45-,46+/m0/s1. The van der Waals surface area contributed by atoms with Gasteiger partial charge in [0.1, 0.15) is 11.8 Å². The lowest BCUT2D eigenvalue weighted by atomic mass is 9.89. The number of benzene rings is 1. The number of nitrogens with one attached hydrogen (secondary N) is 1. The van der Waals surface area contributed by atoms with Crippen molar-refractivity contribution in [1.29, 1.82) is 0 Å². The molecule has 1 aromatic carbocycles. The van der Waals surface area contributed by atoms with E-state index in [4.69, 9.17) is 14.5 Å². The summed E-state index contributed by atoms with van der Waals surface area (Å²) >= 11 is 0. The van der Waals surface area contributed by atoms with Gasteiger partial charge in [-0.25, -0.2) is 4.99 Å². The van der Waals surface area contributed by atoms with Crippen LogP contribution in [0.1, 0.15) is 91.5 Å². The Morgan fingerprint density at radius 3 is 2.04 bits per heavy atom. The van der Waals surface area contributed by atoms with Crippen LogP contribution in [0.15, 0.2) is 47.5 Å². The predicted molar refractivity (Wildman–Crippen MR) is 262 cm³/mol. The number of unbranched alkanes of at least 4 members (excludes halogenated alkanes) is 2. The van der Waals surface area contributed by atoms with E-state index >= 15 is 0 Å². The minimum Gasteiger partial charge on any atom is -0.379 e. The van der Waals surface area contributed by atoms with Crippen molar-refractivity contribution >= 4 is 49.0 Å². The smallest absolute Gasteiger partial charge is 0.347 e. The number of ether oxygens (including phenoxy) is 2. The molecule has 2 unspecified atom stereocenters. The van der Waals surface area contributed by atoms with Gasteiger partial charge in [0, 0.05) is 99.6 Å². The lowest BCUT2D eigenvalue weighted by Gasteiger charge is -2.41. The number of methoxy groups -OCH3 is 2. The summed E-state index contributed by atoms with van der Waals surface area (Å²) in [5.74, 6) is -3.53. The van der Waals surface area contributed by atoms with Crippen molar-refractivity contribution in [3.8, 4) is 0 Å². The number of nitrogens with zero attached hydrogens (tertiary/aromatic N) is 7. The zero-order valence-corrected chi connectivity index (χ0v) is 43.4. The van der Waals surface area contributed by atoms with Crippen LogP contribution in [0.2, 0.25) is 0 Å². The first-order chi connectivity index (χ1) is 32.6. The summed E-state index contributed by atoms with van der Waals surface area (Å²) in [5.41, 5.74) is 0.658. The summed E-state index contributed by atoms with van der Waals surface area (Å²) in [5, 5.41) is 2.57. The monoisotopic (exact) mass is 987 g/mol. The highest BCUT2D eigenvalue weighted by Gasteiger charge is 2.44. The third-order valence-electron chi connectivity index (χ3n) is 13.9. The van der Waals surface area contributed by atoms with Gasteiger partial charge in [0.25, 0.3) is 11.8 Å². The van der Waals surface area contributed by atoms with E-state index in [1.807, 2.05) is 51.6 Å². The van der Waals surface area contributed by atoms with Crippen LogP contribution in [-0.4, -0.2) is 191 Å². The van der Waals surface area contributed by atoms with Gasteiger partial charge < -0.3 is 49.1 Å². The fraction of sp³-hybridized carbons (Fsp3) is 0.694. The van der Waals surface area contributed by atoms with Gasteiger partial charge in [0.2, 0.25) is 23.6 Å². The molecule has 4 rings (SSSR count). The number of aliphatic imine (C=N–C) groups is 1. The summed E-state index contributed by atoms with van der Waals surface area (Å²) in [6.07, 6.45) is 5.26. The van der Waals surface area contributed by atoms with Gasteiger partial charge in [0.05, 0.1) is 36.6 Å².